The highest BCUT2D eigenvalue weighted by atomic mass is 16.5. The Labute approximate surface area is 149 Å². The fourth-order valence-corrected chi connectivity index (χ4v) is 2.17. The first-order valence-corrected chi connectivity index (χ1v) is 8.49. The lowest BCUT2D eigenvalue weighted by Crippen LogP contribution is -2.35. The number of carbonyl (C=O) groups excluding carboxylic acids is 1. The predicted molar refractivity (Wildman–Crippen MR) is 97.6 cm³/mol. The molecule has 0 radical (unpaired) electrons. The number of aryl methyl sites for hydroxylation is 1. The summed E-state index contributed by atoms with van der Waals surface area (Å²) in [6.45, 7) is 3.44. The molecule has 1 aromatic carbocycles. The summed E-state index contributed by atoms with van der Waals surface area (Å²) in [4.78, 5) is 13.9. The predicted octanol–water partition coefficient (Wildman–Crippen LogP) is 1.71. The van der Waals surface area contributed by atoms with Gasteiger partial charge in [-0.1, -0.05) is 12.1 Å². The van der Waals surface area contributed by atoms with Gasteiger partial charge in [0.25, 0.3) is 0 Å². The highest BCUT2D eigenvalue weighted by Gasteiger charge is 2.01. The molecule has 0 aliphatic heterocycles. The average molecular weight is 345 g/mol. The molecule has 0 unspecified atom stereocenters. The second kappa shape index (κ2) is 10.4. The minimum absolute atomic E-state index is 0.160. The highest BCUT2D eigenvalue weighted by Crippen LogP contribution is 2.11. The zero-order valence-electron chi connectivity index (χ0n) is 14.9. The van der Waals surface area contributed by atoms with Crippen LogP contribution >= 0.6 is 0 Å². The summed E-state index contributed by atoms with van der Waals surface area (Å²) in [6.07, 6.45) is 4.50. The Morgan fingerprint density at radius 2 is 2.04 bits per heavy atom. The van der Waals surface area contributed by atoms with Crippen LogP contribution in [0.4, 0.5) is 4.79 Å². The quantitative estimate of drug-likeness (QED) is 0.643. The minimum atomic E-state index is -0.160. The first-order valence-electron chi connectivity index (χ1n) is 8.49. The standard InChI is InChI=1S/C18H27N5O2/c1-22(2)13-14-25-17-7-5-16(6-8-17)15-20-18(24)19-9-3-11-23-12-4-10-21-23/h4-8,10,12H,3,9,11,13-15H2,1-2H3,(H2,19,20,24). The van der Waals surface area contributed by atoms with E-state index in [2.05, 4.69) is 20.6 Å². The van der Waals surface area contributed by atoms with Crippen LogP contribution in [0.25, 0.3) is 0 Å². The molecule has 7 nitrogen and oxygen atoms in total. The van der Waals surface area contributed by atoms with Gasteiger partial charge in [-0.2, -0.15) is 5.10 Å². The summed E-state index contributed by atoms with van der Waals surface area (Å²) in [6, 6.07) is 9.50. The number of carbonyl (C=O) groups is 1. The van der Waals surface area contributed by atoms with Crippen molar-refractivity contribution < 1.29 is 9.53 Å². The molecule has 25 heavy (non-hydrogen) atoms. The van der Waals surface area contributed by atoms with Crippen molar-refractivity contribution in [2.24, 2.45) is 0 Å². The molecule has 2 N–H and O–H groups in total. The molecule has 0 atom stereocenters. The molecule has 0 aliphatic carbocycles. The third kappa shape index (κ3) is 7.71. The van der Waals surface area contributed by atoms with Gasteiger partial charge in [-0.25, -0.2) is 4.79 Å². The molecule has 2 aromatic rings. The SMILES string of the molecule is CN(C)CCOc1ccc(CNC(=O)NCCCn2cccn2)cc1. The van der Waals surface area contributed by atoms with Gasteiger partial charge < -0.3 is 20.3 Å². The lowest BCUT2D eigenvalue weighted by Gasteiger charge is -2.11. The van der Waals surface area contributed by atoms with Gasteiger partial charge >= 0.3 is 6.03 Å². The summed E-state index contributed by atoms with van der Waals surface area (Å²) in [5.74, 6) is 0.841. The molecular weight excluding hydrogens is 318 g/mol. The second-order valence-corrected chi connectivity index (χ2v) is 6.03. The van der Waals surface area contributed by atoms with Crippen molar-refractivity contribution in [2.45, 2.75) is 19.5 Å². The number of hydrogen-bond acceptors (Lipinski definition) is 4. The number of hydrogen-bond donors (Lipinski definition) is 2. The van der Waals surface area contributed by atoms with Gasteiger partial charge in [0.05, 0.1) is 0 Å². The average Bonchev–Trinajstić information content (AvgIpc) is 3.11. The van der Waals surface area contributed by atoms with E-state index in [1.54, 1.807) is 6.20 Å². The number of ether oxygens (including phenoxy) is 1. The number of urea groups is 1. The summed E-state index contributed by atoms with van der Waals surface area (Å²) in [5.41, 5.74) is 1.03. The normalized spacial score (nSPS) is 10.7. The molecule has 0 spiro atoms. The third-order valence-corrected chi connectivity index (χ3v) is 3.59. The Balaban J connectivity index is 1.59. The highest BCUT2D eigenvalue weighted by molar-refractivity contribution is 5.73. The van der Waals surface area contributed by atoms with E-state index in [1.807, 2.05) is 55.3 Å². The lowest BCUT2D eigenvalue weighted by atomic mass is 10.2. The summed E-state index contributed by atoms with van der Waals surface area (Å²) >= 11 is 0. The Bertz CT molecular complexity index is 611. The molecule has 2 amide bonds. The third-order valence-electron chi connectivity index (χ3n) is 3.59. The molecular formula is C18H27N5O2. The Kier molecular flexibility index (Phi) is 7.78. The maximum absolute atomic E-state index is 11.8. The molecule has 2 rings (SSSR count). The van der Waals surface area contributed by atoms with Crippen molar-refractivity contribution >= 4 is 6.03 Å². The zero-order valence-corrected chi connectivity index (χ0v) is 14.9. The van der Waals surface area contributed by atoms with E-state index in [1.165, 1.54) is 0 Å². The monoisotopic (exact) mass is 345 g/mol. The number of nitrogens with zero attached hydrogens (tertiary/aromatic N) is 3. The van der Waals surface area contributed by atoms with E-state index >= 15 is 0 Å². The smallest absolute Gasteiger partial charge is 0.315 e. The Morgan fingerprint density at radius 1 is 1.24 bits per heavy atom. The molecule has 0 saturated heterocycles. The maximum Gasteiger partial charge on any atom is 0.315 e. The number of rotatable bonds is 10. The molecule has 0 fully saturated rings. The van der Waals surface area contributed by atoms with E-state index < -0.39 is 0 Å². The van der Waals surface area contributed by atoms with Gasteiger partial charge in [0.1, 0.15) is 12.4 Å². The topological polar surface area (TPSA) is 71.4 Å². The van der Waals surface area contributed by atoms with Gasteiger partial charge in [-0.3, -0.25) is 4.68 Å². The molecule has 0 bridgehead atoms. The number of nitrogens with one attached hydrogen (secondary N) is 2. The van der Waals surface area contributed by atoms with Crippen molar-refractivity contribution in [1.82, 2.24) is 25.3 Å². The van der Waals surface area contributed by atoms with Crippen LogP contribution in [0, 0.1) is 0 Å². The zero-order chi connectivity index (χ0) is 17.9. The van der Waals surface area contributed by atoms with Crippen molar-refractivity contribution in [3.05, 3.63) is 48.3 Å². The van der Waals surface area contributed by atoms with Crippen molar-refractivity contribution in [1.29, 1.82) is 0 Å². The molecule has 1 aromatic heterocycles. The largest absolute Gasteiger partial charge is 0.492 e. The van der Waals surface area contributed by atoms with E-state index in [0.717, 1.165) is 30.8 Å². The van der Waals surface area contributed by atoms with Crippen LogP contribution in [0.5, 0.6) is 5.75 Å². The number of amides is 2. The summed E-state index contributed by atoms with van der Waals surface area (Å²) in [5, 5.41) is 9.81. The second-order valence-electron chi connectivity index (χ2n) is 6.03. The van der Waals surface area contributed by atoms with Crippen LogP contribution < -0.4 is 15.4 Å². The minimum Gasteiger partial charge on any atom is -0.492 e. The van der Waals surface area contributed by atoms with E-state index in [-0.39, 0.29) is 6.03 Å². The molecule has 1 heterocycles. The van der Waals surface area contributed by atoms with E-state index in [4.69, 9.17) is 4.74 Å². The first-order chi connectivity index (χ1) is 12.1. The summed E-state index contributed by atoms with van der Waals surface area (Å²) in [7, 11) is 4.03. The molecule has 0 aliphatic rings. The lowest BCUT2D eigenvalue weighted by molar-refractivity contribution is 0.240. The number of benzene rings is 1. The van der Waals surface area contributed by atoms with E-state index in [0.29, 0.717) is 19.7 Å². The van der Waals surface area contributed by atoms with Crippen LogP contribution in [-0.2, 0) is 13.1 Å². The Hall–Kier alpha value is -2.54. The van der Waals surface area contributed by atoms with Gasteiger partial charge in [-0.15, -0.1) is 0 Å². The fraction of sp³-hybridized carbons (Fsp3) is 0.444. The van der Waals surface area contributed by atoms with Crippen molar-refractivity contribution in [2.75, 3.05) is 33.8 Å². The van der Waals surface area contributed by atoms with Crippen molar-refractivity contribution in [3.8, 4) is 5.75 Å². The fourth-order valence-electron chi connectivity index (χ4n) is 2.17. The maximum atomic E-state index is 11.8. The van der Waals surface area contributed by atoms with Gasteiger partial charge in [0.15, 0.2) is 0 Å². The van der Waals surface area contributed by atoms with Crippen LogP contribution in [0.2, 0.25) is 0 Å². The van der Waals surface area contributed by atoms with Crippen LogP contribution in [0.1, 0.15) is 12.0 Å². The summed E-state index contributed by atoms with van der Waals surface area (Å²) < 4.78 is 7.49. The van der Waals surface area contributed by atoms with Gasteiger partial charge in [-0.05, 0) is 44.3 Å². The van der Waals surface area contributed by atoms with Crippen molar-refractivity contribution in [3.63, 3.8) is 0 Å². The number of likely N-dealkylation sites (N-methyl/N-ethyl adjacent to an activating group) is 1. The van der Waals surface area contributed by atoms with E-state index in [9.17, 15) is 4.79 Å². The van der Waals surface area contributed by atoms with Crippen LogP contribution in [0.15, 0.2) is 42.7 Å². The first kappa shape index (κ1) is 18.8. The number of aromatic nitrogens is 2. The van der Waals surface area contributed by atoms with Crippen LogP contribution in [0.3, 0.4) is 0 Å². The molecule has 7 heteroatoms. The van der Waals surface area contributed by atoms with Gasteiger partial charge in [0, 0.05) is 38.6 Å². The van der Waals surface area contributed by atoms with Gasteiger partial charge in [0.2, 0.25) is 0 Å². The molecule has 0 saturated carbocycles. The van der Waals surface area contributed by atoms with Crippen LogP contribution in [-0.4, -0.2) is 54.5 Å². The molecule has 136 valence electrons. The Morgan fingerprint density at radius 3 is 2.72 bits per heavy atom.